The normalized spacial score (nSPS) is 14.4. The first-order chi connectivity index (χ1) is 18.1. The number of carbonyl (C=O) groups is 2. The highest BCUT2D eigenvalue weighted by Gasteiger charge is 2.29. The number of benzene rings is 2. The second-order valence-corrected chi connectivity index (χ2v) is 11.0. The number of ketones is 1. The van der Waals surface area contributed by atoms with E-state index in [1.165, 1.54) is 10.6 Å². The van der Waals surface area contributed by atoms with Gasteiger partial charge in [-0.05, 0) is 56.3 Å². The molecule has 0 spiro atoms. The van der Waals surface area contributed by atoms with Gasteiger partial charge in [-0.25, -0.2) is 13.2 Å². The van der Waals surface area contributed by atoms with Gasteiger partial charge in [-0.15, -0.1) is 0 Å². The maximum atomic E-state index is 13.2. The summed E-state index contributed by atoms with van der Waals surface area (Å²) < 4.78 is 44.0. The molecule has 0 bridgehead atoms. The molecule has 1 aromatic heterocycles. The average molecular weight is 543 g/mol. The molecule has 0 atom stereocenters. The molecule has 0 unspecified atom stereocenters. The van der Waals surface area contributed by atoms with Crippen molar-refractivity contribution in [3.63, 3.8) is 0 Å². The lowest BCUT2D eigenvalue weighted by molar-refractivity contribution is -0.139. The van der Waals surface area contributed by atoms with E-state index in [1.807, 2.05) is 24.8 Å². The minimum atomic E-state index is -3.67. The van der Waals surface area contributed by atoms with Crippen molar-refractivity contribution in [2.24, 2.45) is 0 Å². The van der Waals surface area contributed by atoms with Crippen molar-refractivity contribution in [3.8, 4) is 11.5 Å². The summed E-state index contributed by atoms with van der Waals surface area (Å²) in [5, 5.41) is 9.08. The van der Waals surface area contributed by atoms with Gasteiger partial charge in [-0.2, -0.15) is 4.31 Å². The first kappa shape index (κ1) is 27.2. The van der Waals surface area contributed by atoms with E-state index in [9.17, 15) is 18.0 Å². The minimum absolute atomic E-state index is 0.00820. The fourth-order valence-electron chi connectivity index (χ4n) is 4.16. The van der Waals surface area contributed by atoms with E-state index in [4.69, 9.17) is 19.0 Å². The highest BCUT2D eigenvalue weighted by atomic mass is 32.2. The summed E-state index contributed by atoms with van der Waals surface area (Å²) in [6, 6.07) is 14.8. The molecular weight excluding hydrogens is 512 g/mol. The van der Waals surface area contributed by atoms with Crippen molar-refractivity contribution in [1.82, 2.24) is 4.31 Å². The predicted octanol–water partition coefficient (Wildman–Crippen LogP) is 3.47. The highest BCUT2D eigenvalue weighted by Crippen LogP contribution is 2.29. The van der Waals surface area contributed by atoms with Crippen LogP contribution in [0.5, 0.6) is 11.5 Å². The number of anilines is 1. The van der Waals surface area contributed by atoms with Crippen molar-refractivity contribution in [1.29, 1.82) is 0 Å². The number of aliphatic carboxylic acids is 1. The topological polar surface area (TPSA) is 127 Å². The molecule has 11 heteroatoms. The Labute approximate surface area is 221 Å². The number of carboxylic acids is 1. The van der Waals surface area contributed by atoms with Crippen molar-refractivity contribution >= 4 is 27.5 Å². The second-order valence-electron chi connectivity index (χ2n) is 9.08. The Morgan fingerprint density at radius 1 is 1.03 bits per heavy atom. The third-order valence-electron chi connectivity index (χ3n) is 5.99. The van der Waals surface area contributed by atoms with Gasteiger partial charge < -0.3 is 23.9 Å². The Morgan fingerprint density at radius 3 is 2.34 bits per heavy atom. The molecule has 1 saturated heterocycles. The molecule has 4 rings (SSSR count). The number of rotatable bonds is 11. The van der Waals surface area contributed by atoms with Crippen LogP contribution in [0, 0.1) is 0 Å². The molecule has 202 valence electrons. The first-order valence-electron chi connectivity index (χ1n) is 12.2. The monoisotopic (exact) mass is 542 g/mol. The Balaban J connectivity index is 1.45. The third-order valence-corrected chi connectivity index (χ3v) is 7.90. The van der Waals surface area contributed by atoms with Gasteiger partial charge in [-0.1, -0.05) is 6.07 Å². The van der Waals surface area contributed by atoms with Crippen LogP contribution in [-0.4, -0.2) is 68.5 Å². The van der Waals surface area contributed by atoms with Crippen molar-refractivity contribution in [2.45, 2.75) is 31.3 Å². The number of ether oxygens (including phenoxy) is 2. The Morgan fingerprint density at radius 2 is 1.74 bits per heavy atom. The fraction of sp³-hybridized carbons (Fsp3) is 0.333. The van der Waals surface area contributed by atoms with E-state index in [2.05, 4.69) is 0 Å². The lowest BCUT2D eigenvalue weighted by Gasteiger charge is -2.35. The van der Waals surface area contributed by atoms with Crippen LogP contribution in [0.15, 0.2) is 70.2 Å². The lowest BCUT2D eigenvalue weighted by Crippen LogP contribution is -2.48. The molecule has 1 N–H and O–H groups in total. The summed E-state index contributed by atoms with van der Waals surface area (Å²) in [4.78, 5) is 25.8. The number of hydrogen-bond donors (Lipinski definition) is 1. The van der Waals surface area contributed by atoms with E-state index in [-0.39, 0.29) is 47.8 Å². The van der Waals surface area contributed by atoms with Crippen LogP contribution in [0.3, 0.4) is 0 Å². The maximum Gasteiger partial charge on any atom is 0.341 e. The van der Waals surface area contributed by atoms with Gasteiger partial charge in [0.15, 0.2) is 12.4 Å². The molecule has 1 fully saturated rings. The Bertz CT molecular complexity index is 1360. The molecule has 10 nitrogen and oxygen atoms in total. The summed E-state index contributed by atoms with van der Waals surface area (Å²) >= 11 is 0. The summed E-state index contributed by atoms with van der Waals surface area (Å²) in [5.74, 6) is -0.299. The maximum absolute atomic E-state index is 13.2. The summed E-state index contributed by atoms with van der Waals surface area (Å²) in [6.45, 7) is 4.65. The van der Waals surface area contributed by atoms with E-state index in [1.54, 1.807) is 48.5 Å². The molecule has 0 aliphatic carbocycles. The molecule has 0 amide bonds. The molecule has 1 aliphatic rings. The SMILES string of the molecule is CC(C)Oc1ccc(S(=O)(=O)N2CCN(c3ccc(CC(=O)c4ccco4)c(OCC(=O)O)c3)CC2)cc1. The molecule has 2 heterocycles. The minimum Gasteiger partial charge on any atom is -0.491 e. The number of sulfonamides is 1. The van der Waals surface area contributed by atoms with Crippen LogP contribution in [0.1, 0.15) is 30.0 Å². The molecule has 0 saturated carbocycles. The standard InChI is InChI=1S/C27H30N2O8S/c1-19(2)37-22-7-9-23(10-8-22)38(33,34)29-13-11-28(12-14-29)21-6-5-20(26(17-21)36-18-27(31)32)16-24(30)25-4-3-15-35-25/h3-10,15,17,19H,11-14,16,18H2,1-2H3,(H,31,32). The van der Waals surface area contributed by atoms with Crippen LogP contribution in [-0.2, 0) is 21.2 Å². The molecule has 1 aliphatic heterocycles. The molecule has 0 radical (unpaired) electrons. The zero-order valence-corrected chi connectivity index (χ0v) is 22.0. The lowest BCUT2D eigenvalue weighted by atomic mass is 10.1. The van der Waals surface area contributed by atoms with Crippen molar-refractivity contribution in [3.05, 3.63) is 72.2 Å². The van der Waals surface area contributed by atoms with Crippen LogP contribution >= 0.6 is 0 Å². The highest BCUT2D eigenvalue weighted by molar-refractivity contribution is 7.89. The summed E-state index contributed by atoms with van der Waals surface area (Å²) in [7, 11) is -3.67. The van der Waals surface area contributed by atoms with Gasteiger partial charge in [-0.3, -0.25) is 4.79 Å². The Kier molecular flexibility index (Phi) is 8.38. The van der Waals surface area contributed by atoms with E-state index in [0.29, 0.717) is 24.4 Å². The van der Waals surface area contributed by atoms with Crippen LogP contribution in [0.2, 0.25) is 0 Å². The van der Waals surface area contributed by atoms with Gasteiger partial charge >= 0.3 is 5.97 Å². The largest absolute Gasteiger partial charge is 0.491 e. The Hall–Kier alpha value is -3.83. The smallest absolute Gasteiger partial charge is 0.341 e. The predicted molar refractivity (Wildman–Crippen MR) is 139 cm³/mol. The van der Waals surface area contributed by atoms with Gasteiger partial charge in [0.1, 0.15) is 11.5 Å². The third kappa shape index (κ3) is 6.53. The molecule has 38 heavy (non-hydrogen) atoms. The number of Topliss-reactive ketones (excluding diaryl/α,β-unsaturated/α-hetero) is 1. The number of carboxylic acid groups (broad SMARTS) is 1. The zero-order valence-electron chi connectivity index (χ0n) is 21.2. The number of furan rings is 1. The number of carbonyl (C=O) groups excluding carboxylic acids is 1. The second kappa shape index (κ2) is 11.7. The van der Waals surface area contributed by atoms with Crippen LogP contribution in [0.4, 0.5) is 5.69 Å². The first-order valence-corrected chi connectivity index (χ1v) is 13.6. The van der Waals surface area contributed by atoms with Gasteiger partial charge in [0, 0.05) is 49.9 Å². The fourth-order valence-corrected chi connectivity index (χ4v) is 5.58. The van der Waals surface area contributed by atoms with E-state index >= 15 is 0 Å². The van der Waals surface area contributed by atoms with Crippen molar-refractivity contribution < 1.29 is 37.0 Å². The number of piperazine rings is 1. The van der Waals surface area contributed by atoms with Crippen molar-refractivity contribution in [2.75, 3.05) is 37.7 Å². The average Bonchev–Trinajstić information content (AvgIpc) is 3.43. The number of nitrogens with zero attached hydrogens (tertiary/aromatic N) is 2. The van der Waals surface area contributed by atoms with Gasteiger partial charge in [0.2, 0.25) is 15.8 Å². The van der Waals surface area contributed by atoms with Gasteiger partial charge in [0.25, 0.3) is 0 Å². The zero-order chi connectivity index (χ0) is 27.3. The van der Waals surface area contributed by atoms with E-state index < -0.39 is 22.6 Å². The number of hydrogen-bond acceptors (Lipinski definition) is 8. The van der Waals surface area contributed by atoms with Crippen LogP contribution < -0.4 is 14.4 Å². The quantitative estimate of drug-likeness (QED) is 0.362. The summed E-state index contributed by atoms with van der Waals surface area (Å²) in [6.07, 6.45) is 1.38. The van der Waals surface area contributed by atoms with Crippen LogP contribution in [0.25, 0.3) is 0 Å². The molecule has 2 aromatic carbocycles. The van der Waals surface area contributed by atoms with Gasteiger partial charge in [0.05, 0.1) is 17.3 Å². The van der Waals surface area contributed by atoms with E-state index in [0.717, 1.165) is 5.69 Å². The molecule has 3 aromatic rings. The summed E-state index contributed by atoms with van der Waals surface area (Å²) in [5.41, 5.74) is 1.27. The molecular formula is C27H30N2O8S.